The molecule has 0 radical (unpaired) electrons. The molecule has 8 rings (SSSR count). The largest absolute Gasteiger partial charge is 0.456 e. The van der Waals surface area contributed by atoms with E-state index in [-0.39, 0.29) is 59.3 Å². The van der Waals surface area contributed by atoms with E-state index in [0.29, 0.717) is 24.7 Å². The molecule has 2 saturated carbocycles. The number of hydrogen-bond acceptors (Lipinski definition) is 8. The van der Waals surface area contributed by atoms with Crippen LogP contribution < -0.4 is 0 Å². The zero-order valence-corrected chi connectivity index (χ0v) is 36.3. The number of ketones is 1. The summed E-state index contributed by atoms with van der Waals surface area (Å²) in [5, 5.41) is 11.0. The van der Waals surface area contributed by atoms with Crippen molar-refractivity contribution in [2.45, 2.75) is 148 Å². The van der Waals surface area contributed by atoms with Crippen molar-refractivity contribution in [3.63, 3.8) is 0 Å². The lowest BCUT2D eigenvalue weighted by Crippen LogP contribution is -2.62. The first-order valence-electron chi connectivity index (χ1n) is 21.9. The molecule has 8 nitrogen and oxygen atoms in total. The van der Waals surface area contributed by atoms with Gasteiger partial charge in [-0.05, 0) is 105 Å². The minimum Gasteiger partial charge on any atom is -0.456 e. The molecule has 4 bridgehead atoms. The highest BCUT2D eigenvalue weighted by Crippen LogP contribution is 2.63. The minimum absolute atomic E-state index is 0.0824. The average molecular weight is 795 g/mol. The van der Waals surface area contributed by atoms with Gasteiger partial charge in [0.25, 0.3) is 0 Å². The van der Waals surface area contributed by atoms with Crippen LogP contribution in [0.15, 0.2) is 72.8 Å². The van der Waals surface area contributed by atoms with Crippen LogP contribution in [0.25, 0.3) is 11.1 Å². The Morgan fingerprint density at radius 3 is 1.64 bits per heavy atom. The molecule has 58 heavy (non-hydrogen) atoms. The molecule has 13 atom stereocenters. The molecule has 314 valence electrons. The van der Waals surface area contributed by atoms with E-state index < -0.39 is 34.6 Å². The van der Waals surface area contributed by atoms with Crippen molar-refractivity contribution in [2.24, 2.45) is 47.3 Å². The molecule has 1 N–H and O–H groups in total. The zero-order chi connectivity index (χ0) is 41.9. The molecule has 0 aromatic heterocycles. The molecule has 8 heteroatoms. The van der Waals surface area contributed by atoms with Crippen LogP contribution >= 0.6 is 0 Å². The van der Waals surface area contributed by atoms with Crippen molar-refractivity contribution < 1.29 is 38.4 Å². The van der Waals surface area contributed by atoms with Crippen molar-refractivity contribution in [3.8, 4) is 0 Å². The first-order valence-corrected chi connectivity index (χ1v) is 21.9. The van der Waals surface area contributed by atoms with E-state index in [4.69, 9.17) is 18.9 Å². The molecule has 0 amide bonds. The number of Topliss-reactive ketones (excluding diaryl/α,β-unsaturated/α-hetero) is 1. The summed E-state index contributed by atoms with van der Waals surface area (Å²) in [6.07, 6.45) is 6.88. The SMILES string of the molecule is C/C(=C\C(=O)OC1C2C(C)CCC2C2(C)OC1(C(C)C)CC2=O)c1ccccc1.C/C(=C\C(=O)OC1C2C(C)CCC2C2(C)OC1(C(C)C)CC2O)c1ccccc1. The van der Waals surface area contributed by atoms with Gasteiger partial charge in [0.2, 0.25) is 0 Å². The van der Waals surface area contributed by atoms with Gasteiger partial charge in [-0.3, -0.25) is 4.79 Å². The summed E-state index contributed by atoms with van der Waals surface area (Å²) in [5.74, 6) is 1.32. The van der Waals surface area contributed by atoms with Crippen molar-refractivity contribution in [1.29, 1.82) is 0 Å². The zero-order valence-electron chi connectivity index (χ0n) is 36.3. The molecule has 13 unspecified atom stereocenters. The summed E-state index contributed by atoms with van der Waals surface area (Å²) >= 11 is 0. The van der Waals surface area contributed by atoms with Gasteiger partial charge >= 0.3 is 11.9 Å². The molecule has 0 spiro atoms. The van der Waals surface area contributed by atoms with Crippen LogP contribution in [0.1, 0.15) is 119 Å². The van der Waals surface area contributed by atoms with E-state index in [1.54, 1.807) is 12.2 Å². The van der Waals surface area contributed by atoms with Gasteiger partial charge in [-0.25, -0.2) is 9.59 Å². The fourth-order valence-corrected chi connectivity index (χ4v) is 12.2. The number of fused-ring (bicyclic) bond motifs is 8. The first kappa shape index (κ1) is 42.5. The van der Waals surface area contributed by atoms with Gasteiger partial charge in [-0.15, -0.1) is 0 Å². The summed E-state index contributed by atoms with van der Waals surface area (Å²) in [6.45, 7) is 20.7. The number of allylic oxidation sites excluding steroid dienone is 2. The highest BCUT2D eigenvalue weighted by molar-refractivity contribution is 5.93. The average Bonchev–Trinajstić information content (AvgIpc) is 3.90. The summed E-state index contributed by atoms with van der Waals surface area (Å²) in [7, 11) is 0. The maximum atomic E-state index is 13.1. The number of ether oxygens (including phenoxy) is 4. The van der Waals surface area contributed by atoms with Crippen LogP contribution in [0.3, 0.4) is 0 Å². The second-order valence-corrected chi connectivity index (χ2v) is 19.6. The van der Waals surface area contributed by atoms with E-state index in [1.165, 1.54) is 0 Å². The van der Waals surface area contributed by atoms with E-state index in [0.717, 1.165) is 48.0 Å². The van der Waals surface area contributed by atoms with Crippen molar-refractivity contribution >= 4 is 28.9 Å². The standard InChI is InChI=1S/C25H34O4.C25H32O4/c2*1-15(2)25-14-20(26)24(5,29-25)19-12-11-16(3)22(19)23(25)28-21(27)13-17(4)18-9-7-6-8-10-18/h6-10,13,15-16,19-20,22-23,26H,11-12,14H2,1-5H3;6-10,13,15-16,19,22-23H,11-12,14H2,1-5H3/b2*17-13+. The lowest BCUT2D eigenvalue weighted by atomic mass is 9.69. The number of aliphatic hydroxyl groups is 1. The van der Waals surface area contributed by atoms with Crippen LogP contribution in [-0.4, -0.2) is 63.5 Å². The van der Waals surface area contributed by atoms with Crippen molar-refractivity contribution in [1.82, 2.24) is 0 Å². The lowest BCUT2D eigenvalue weighted by molar-refractivity contribution is -0.263. The maximum Gasteiger partial charge on any atom is 0.331 e. The first-order chi connectivity index (χ1) is 27.4. The van der Waals surface area contributed by atoms with Crippen LogP contribution in [0, 0.1) is 47.3 Å². The molecule has 6 aliphatic rings. The Hall–Kier alpha value is -3.59. The van der Waals surface area contributed by atoms with Crippen LogP contribution in [0.5, 0.6) is 0 Å². The number of hydrogen-bond donors (Lipinski definition) is 1. The van der Waals surface area contributed by atoms with Gasteiger partial charge in [-0.1, -0.05) is 102 Å². The molecular weight excluding hydrogens is 729 g/mol. The quantitative estimate of drug-likeness (QED) is 0.208. The fraction of sp³-hybridized carbons (Fsp3) is 0.620. The highest BCUT2D eigenvalue weighted by Gasteiger charge is 2.72. The van der Waals surface area contributed by atoms with E-state index in [2.05, 4.69) is 48.5 Å². The fourth-order valence-electron chi connectivity index (χ4n) is 12.2. The second kappa shape index (κ2) is 15.8. The third-order valence-electron chi connectivity index (χ3n) is 15.8. The Labute approximate surface area is 346 Å². The number of carbonyl (C=O) groups is 3. The number of rotatable bonds is 8. The molecule has 4 aliphatic heterocycles. The van der Waals surface area contributed by atoms with E-state index in [9.17, 15) is 19.5 Å². The Morgan fingerprint density at radius 2 is 1.16 bits per heavy atom. The van der Waals surface area contributed by atoms with Gasteiger partial charge in [0.05, 0.1) is 11.7 Å². The van der Waals surface area contributed by atoms with Gasteiger partial charge in [0.15, 0.2) is 5.78 Å². The molecule has 2 aromatic carbocycles. The third-order valence-corrected chi connectivity index (χ3v) is 15.8. The van der Waals surface area contributed by atoms with Crippen LogP contribution in [0.4, 0.5) is 0 Å². The van der Waals surface area contributed by atoms with Crippen LogP contribution in [-0.2, 0) is 33.3 Å². The van der Waals surface area contributed by atoms with Gasteiger partial charge in [0.1, 0.15) is 29.0 Å². The highest BCUT2D eigenvalue weighted by atomic mass is 16.6. The van der Waals surface area contributed by atoms with Crippen LogP contribution in [0.2, 0.25) is 0 Å². The van der Waals surface area contributed by atoms with E-state index in [1.807, 2.05) is 81.4 Å². The third kappa shape index (κ3) is 7.03. The monoisotopic (exact) mass is 794 g/mol. The summed E-state index contributed by atoms with van der Waals surface area (Å²) < 4.78 is 25.6. The summed E-state index contributed by atoms with van der Waals surface area (Å²) in [4.78, 5) is 39.0. The number of aliphatic hydroxyl groups excluding tert-OH is 1. The lowest BCUT2D eigenvalue weighted by Gasteiger charge is -2.53. The second-order valence-electron chi connectivity index (χ2n) is 19.6. The molecular formula is C50H66O8. The molecule has 2 aliphatic carbocycles. The van der Waals surface area contributed by atoms with Gasteiger partial charge < -0.3 is 24.1 Å². The van der Waals surface area contributed by atoms with Gasteiger partial charge in [-0.2, -0.15) is 0 Å². The summed E-state index contributed by atoms with van der Waals surface area (Å²) in [6, 6.07) is 19.7. The minimum atomic E-state index is -0.738. The Kier molecular flexibility index (Phi) is 11.6. The Balaban J connectivity index is 0.000000177. The van der Waals surface area contributed by atoms with Gasteiger partial charge in [0, 0.05) is 42.7 Å². The smallest absolute Gasteiger partial charge is 0.331 e. The Morgan fingerprint density at radius 1 is 0.707 bits per heavy atom. The van der Waals surface area contributed by atoms with E-state index >= 15 is 0 Å². The number of carbonyl (C=O) groups excluding carboxylic acids is 3. The molecule has 2 aromatic rings. The normalized spacial score (nSPS) is 40.2. The van der Waals surface area contributed by atoms with Crippen molar-refractivity contribution in [3.05, 3.63) is 83.9 Å². The number of benzene rings is 2. The molecule has 6 fully saturated rings. The summed E-state index contributed by atoms with van der Waals surface area (Å²) in [5.41, 5.74) is 1.13. The predicted molar refractivity (Wildman–Crippen MR) is 225 cm³/mol. The molecule has 4 saturated heterocycles. The van der Waals surface area contributed by atoms with Crippen molar-refractivity contribution in [2.75, 3.05) is 0 Å². The maximum absolute atomic E-state index is 13.1. The Bertz CT molecular complexity index is 1920. The predicted octanol–water partition coefficient (Wildman–Crippen LogP) is 9.43. The topological polar surface area (TPSA) is 108 Å². The number of esters is 2. The molecule has 4 heterocycles.